The van der Waals surface area contributed by atoms with Crippen LogP contribution in [0.15, 0.2) is 97.1 Å². The van der Waals surface area contributed by atoms with Gasteiger partial charge in [-0.3, -0.25) is 0 Å². The summed E-state index contributed by atoms with van der Waals surface area (Å²) >= 11 is 23.8. The lowest BCUT2D eigenvalue weighted by molar-refractivity contribution is 0.158. The molecule has 0 saturated heterocycles. The smallest absolute Gasteiger partial charge is 0.0465 e. The van der Waals surface area contributed by atoms with Crippen LogP contribution in [-0.2, 0) is 25.7 Å². The molecule has 4 aromatic carbocycles. The molecule has 4 aromatic rings. The molecule has 0 radical (unpaired) electrons. The Labute approximate surface area is 306 Å². The Hall–Kier alpha value is -2.12. The van der Waals surface area contributed by atoms with Gasteiger partial charge in [0.25, 0.3) is 0 Å². The number of aliphatic hydroxyl groups is 4. The van der Waals surface area contributed by atoms with E-state index in [-0.39, 0.29) is 38.3 Å². The van der Waals surface area contributed by atoms with E-state index in [4.69, 9.17) is 46.4 Å². The first kappa shape index (κ1) is 40.3. The maximum atomic E-state index is 9.92. The first-order valence-electron chi connectivity index (χ1n) is 16.7. The summed E-state index contributed by atoms with van der Waals surface area (Å²) in [6, 6.07) is 31.3. The lowest BCUT2D eigenvalue weighted by Crippen LogP contribution is -2.23. The Kier molecular flexibility index (Phi) is 19.0. The van der Waals surface area contributed by atoms with Crippen molar-refractivity contribution in [3.05, 3.63) is 139 Å². The molecular formula is C40H48Cl4O4. The molecule has 48 heavy (non-hydrogen) atoms. The third-order valence-electron chi connectivity index (χ3n) is 8.91. The quantitative estimate of drug-likeness (QED) is 0.0822. The molecule has 0 amide bonds. The number of hydrogen-bond donors (Lipinski definition) is 4. The van der Waals surface area contributed by atoms with E-state index in [1.165, 1.54) is 22.3 Å². The second-order valence-electron chi connectivity index (χ2n) is 12.5. The molecule has 0 bridgehead atoms. The van der Waals surface area contributed by atoms with Crippen LogP contribution < -0.4 is 0 Å². The second-order valence-corrected chi connectivity index (χ2v) is 14.2. The molecular weight excluding hydrogens is 686 g/mol. The van der Waals surface area contributed by atoms with E-state index in [9.17, 15) is 20.4 Å². The van der Waals surface area contributed by atoms with Gasteiger partial charge in [-0.25, -0.2) is 0 Å². The highest BCUT2D eigenvalue weighted by molar-refractivity contribution is 6.31. The van der Waals surface area contributed by atoms with Crippen molar-refractivity contribution >= 4 is 46.4 Å². The topological polar surface area (TPSA) is 80.9 Å². The van der Waals surface area contributed by atoms with E-state index in [1.54, 1.807) is 0 Å². The van der Waals surface area contributed by atoms with Crippen LogP contribution in [0.2, 0.25) is 20.1 Å². The number of halogens is 4. The first-order chi connectivity index (χ1) is 23.2. The van der Waals surface area contributed by atoms with Crippen molar-refractivity contribution in [2.75, 3.05) is 26.4 Å². The zero-order chi connectivity index (χ0) is 34.7. The van der Waals surface area contributed by atoms with Gasteiger partial charge in [-0.1, -0.05) is 94.9 Å². The van der Waals surface area contributed by atoms with Crippen molar-refractivity contribution in [1.82, 2.24) is 0 Å². The van der Waals surface area contributed by atoms with Crippen LogP contribution in [0.5, 0.6) is 0 Å². The second kappa shape index (κ2) is 22.6. The largest absolute Gasteiger partial charge is 0.396 e. The van der Waals surface area contributed by atoms with Crippen LogP contribution in [0.4, 0.5) is 0 Å². The molecule has 4 rings (SSSR count). The summed E-state index contributed by atoms with van der Waals surface area (Å²) in [7, 11) is 0. The van der Waals surface area contributed by atoms with Gasteiger partial charge in [0.05, 0.1) is 0 Å². The van der Waals surface area contributed by atoms with Gasteiger partial charge in [0.15, 0.2) is 0 Å². The molecule has 0 aliphatic heterocycles. The highest BCUT2D eigenvalue weighted by Gasteiger charge is 2.23. The lowest BCUT2D eigenvalue weighted by atomic mass is 9.80. The van der Waals surface area contributed by atoms with Crippen LogP contribution in [0.25, 0.3) is 0 Å². The Morgan fingerprint density at radius 3 is 0.792 bits per heavy atom. The molecule has 0 aliphatic rings. The number of rotatable bonds is 18. The number of hydrogen-bond acceptors (Lipinski definition) is 4. The van der Waals surface area contributed by atoms with Gasteiger partial charge >= 0.3 is 0 Å². The van der Waals surface area contributed by atoms with Gasteiger partial charge in [-0.2, -0.15) is 0 Å². The van der Waals surface area contributed by atoms with Crippen LogP contribution in [0.1, 0.15) is 47.9 Å². The molecule has 0 fully saturated rings. The predicted molar refractivity (Wildman–Crippen MR) is 201 cm³/mol. The highest BCUT2D eigenvalue weighted by Crippen LogP contribution is 2.28. The monoisotopic (exact) mass is 732 g/mol. The molecule has 0 unspecified atom stereocenters. The third kappa shape index (κ3) is 14.8. The summed E-state index contributed by atoms with van der Waals surface area (Å²) in [6.07, 6.45) is 6.61. The molecule has 0 aliphatic carbocycles. The third-order valence-corrected chi connectivity index (χ3v) is 9.92. The van der Waals surface area contributed by atoms with E-state index in [2.05, 4.69) is 0 Å². The zero-order valence-electron chi connectivity index (χ0n) is 27.3. The van der Waals surface area contributed by atoms with Gasteiger partial charge in [0, 0.05) is 46.5 Å². The Morgan fingerprint density at radius 1 is 0.354 bits per heavy atom. The predicted octanol–water partition coefficient (Wildman–Crippen LogP) is 9.55. The van der Waals surface area contributed by atoms with E-state index < -0.39 is 0 Å². The summed E-state index contributed by atoms with van der Waals surface area (Å²) in [6.45, 7) is 0.616. The Balaban J connectivity index is 0.000000260. The molecule has 0 heterocycles. The number of aliphatic hydroxyl groups excluding tert-OH is 4. The molecule has 0 aromatic heterocycles. The summed E-state index contributed by atoms with van der Waals surface area (Å²) in [5.41, 5.74) is 4.75. The maximum Gasteiger partial charge on any atom is 0.0465 e. The van der Waals surface area contributed by atoms with Crippen molar-refractivity contribution in [3.8, 4) is 0 Å². The van der Waals surface area contributed by atoms with Crippen molar-refractivity contribution < 1.29 is 20.4 Å². The normalized spacial score (nSPS) is 13.7. The fraction of sp³-hybridized carbons (Fsp3) is 0.400. The summed E-state index contributed by atoms with van der Waals surface area (Å²) < 4.78 is 0. The minimum atomic E-state index is 0.131. The van der Waals surface area contributed by atoms with Crippen LogP contribution in [-0.4, -0.2) is 46.9 Å². The van der Waals surface area contributed by atoms with Crippen molar-refractivity contribution in [1.29, 1.82) is 0 Å². The van der Waals surface area contributed by atoms with E-state index in [1.807, 2.05) is 97.1 Å². The molecule has 4 atom stereocenters. The summed E-state index contributed by atoms with van der Waals surface area (Å²) in [5, 5.41) is 41.1. The van der Waals surface area contributed by atoms with Crippen molar-refractivity contribution in [2.45, 2.75) is 51.4 Å². The van der Waals surface area contributed by atoms with Gasteiger partial charge in [0.2, 0.25) is 0 Å². The molecule has 4 N–H and O–H groups in total. The molecule has 0 saturated carbocycles. The maximum absolute atomic E-state index is 9.92. The van der Waals surface area contributed by atoms with Gasteiger partial charge in [0.1, 0.15) is 0 Å². The lowest BCUT2D eigenvalue weighted by Gasteiger charge is -2.26. The Bertz CT molecular complexity index is 1300. The first-order valence-corrected chi connectivity index (χ1v) is 18.2. The highest BCUT2D eigenvalue weighted by atomic mass is 35.5. The average molecular weight is 735 g/mol. The van der Waals surface area contributed by atoms with E-state index in [0.29, 0.717) is 11.8 Å². The van der Waals surface area contributed by atoms with Crippen molar-refractivity contribution in [3.63, 3.8) is 0 Å². The minimum Gasteiger partial charge on any atom is -0.396 e. The van der Waals surface area contributed by atoms with Crippen LogP contribution >= 0.6 is 46.4 Å². The van der Waals surface area contributed by atoms with Gasteiger partial charge in [-0.05, 0) is 146 Å². The average Bonchev–Trinajstić information content (AvgIpc) is 3.10. The fourth-order valence-corrected chi connectivity index (χ4v) is 6.67. The SMILES string of the molecule is OCCC[C@@H](Cc1ccc(Cl)cc1)[C@@H](CO)Cc1ccc(Cl)cc1.OCCC[C@H](Cc1ccc(Cl)cc1)[C@H](CO)Cc1ccc(Cl)cc1. The fourth-order valence-electron chi connectivity index (χ4n) is 6.17. The van der Waals surface area contributed by atoms with Crippen molar-refractivity contribution in [2.24, 2.45) is 23.7 Å². The van der Waals surface area contributed by atoms with E-state index in [0.717, 1.165) is 71.5 Å². The van der Waals surface area contributed by atoms with Crippen LogP contribution in [0.3, 0.4) is 0 Å². The zero-order valence-corrected chi connectivity index (χ0v) is 30.4. The van der Waals surface area contributed by atoms with Gasteiger partial charge in [-0.15, -0.1) is 0 Å². The molecule has 0 spiro atoms. The molecule has 8 heteroatoms. The summed E-state index contributed by atoms with van der Waals surface area (Å²) in [5.74, 6) is 0.903. The van der Waals surface area contributed by atoms with Gasteiger partial charge < -0.3 is 20.4 Å². The van der Waals surface area contributed by atoms with Crippen LogP contribution in [0, 0.1) is 23.7 Å². The Morgan fingerprint density at radius 2 is 0.583 bits per heavy atom. The van der Waals surface area contributed by atoms with E-state index >= 15 is 0 Å². The standard InChI is InChI=1S/2C20H24Cl2O2/c2*21-19-7-3-15(4-8-19)12-17(2-1-11-23)18(14-24)13-16-5-9-20(22)10-6-16/h2*3-10,17-18,23-24H,1-2,11-14H2/t2*17-,18+/m10/s1. The minimum absolute atomic E-state index is 0.131. The molecule has 260 valence electrons. The summed E-state index contributed by atoms with van der Waals surface area (Å²) in [4.78, 5) is 0. The number of benzene rings is 4. The molecule has 4 nitrogen and oxygen atoms in total.